The zero-order valence-electron chi connectivity index (χ0n) is 17.7. The lowest BCUT2D eigenvalue weighted by Gasteiger charge is -2.31. The Kier molecular flexibility index (Phi) is 7.29. The van der Waals surface area contributed by atoms with E-state index in [1.54, 1.807) is 7.11 Å². The quantitative estimate of drug-likeness (QED) is 0.753. The van der Waals surface area contributed by atoms with Gasteiger partial charge >= 0.3 is 0 Å². The van der Waals surface area contributed by atoms with Crippen LogP contribution in [0.25, 0.3) is 0 Å². The summed E-state index contributed by atoms with van der Waals surface area (Å²) in [4.78, 5) is 13.6. The van der Waals surface area contributed by atoms with Crippen LogP contribution in [-0.4, -0.2) is 43.2 Å². The molecule has 3 rings (SSSR count). The van der Waals surface area contributed by atoms with Crippen molar-refractivity contribution in [1.82, 2.24) is 4.90 Å². The van der Waals surface area contributed by atoms with Crippen molar-refractivity contribution in [3.8, 4) is 5.75 Å². The predicted octanol–water partition coefficient (Wildman–Crippen LogP) is 4.40. The molecule has 0 aromatic heterocycles. The fraction of sp³-hybridized carbons (Fsp3) is 0.458. The van der Waals surface area contributed by atoms with Gasteiger partial charge in [0.2, 0.25) is 5.91 Å². The molecule has 0 spiro atoms. The molecule has 2 aromatic carbocycles. The second-order valence-electron chi connectivity index (χ2n) is 8.00. The second kappa shape index (κ2) is 9.90. The van der Waals surface area contributed by atoms with Crippen LogP contribution in [0.1, 0.15) is 37.3 Å². The first kappa shape index (κ1) is 21.3. The van der Waals surface area contributed by atoms with E-state index in [2.05, 4.69) is 41.4 Å². The second-order valence-corrected chi connectivity index (χ2v) is 8.00. The normalized spacial score (nSPS) is 20.1. The van der Waals surface area contributed by atoms with Gasteiger partial charge in [-0.15, -0.1) is 0 Å². The molecular formula is C24H32N2O3. The Morgan fingerprint density at radius 2 is 1.79 bits per heavy atom. The Morgan fingerprint density at radius 3 is 2.45 bits per heavy atom. The van der Waals surface area contributed by atoms with Crippen molar-refractivity contribution in [2.24, 2.45) is 0 Å². The van der Waals surface area contributed by atoms with Crippen molar-refractivity contribution in [3.05, 3.63) is 59.7 Å². The molecular weight excluding hydrogens is 364 g/mol. The Bertz CT molecular complexity index is 789. The van der Waals surface area contributed by atoms with E-state index in [9.17, 15) is 4.79 Å². The number of hydrogen-bond acceptors (Lipinski definition) is 4. The number of likely N-dealkylation sites (tertiary alicyclic amines) is 1. The maximum atomic E-state index is 11.2. The van der Waals surface area contributed by atoms with Gasteiger partial charge in [-0.3, -0.25) is 9.69 Å². The average molecular weight is 397 g/mol. The zero-order valence-corrected chi connectivity index (χ0v) is 17.7. The van der Waals surface area contributed by atoms with Gasteiger partial charge in [0.1, 0.15) is 18.0 Å². The Morgan fingerprint density at radius 1 is 1.07 bits per heavy atom. The van der Waals surface area contributed by atoms with Crippen LogP contribution in [0.2, 0.25) is 0 Å². The van der Waals surface area contributed by atoms with E-state index in [1.807, 2.05) is 24.3 Å². The maximum Gasteiger partial charge on any atom is 0.221 e. The molecule has 1 N–H and O–H groups in total. The van der Waals surface area contributed by atoms with Crippen molar-refractivity contribution in [1.29, 1.82) is 0 Å². The maximum absolute atomic E-state index is 11.2. The number of aryl methyl sites for hydroxylation is 1. The van der Waals surface area contributed by atoms with Crippen LogP contribution in [0.15, 0.2) is 48.5 Å². The topological polar surface area (TPSA) is 50.8 Å². The molecule has 2 aromatic rings. The number of carbonyl (C=O) groups is 1. The molecule has 0 bridgehead atoms. The molecule has 0 unspecified atom stereocenters. The van der Waals surface area contributed by atoms with Gasteiger partial charge in [-0.1, -0.05) is 29.8 Å². The van der Waals surface area contributed by atoms with E-state index in [0.717, 1.165) is 50.3 Å². The largest absolute Gasteiger partial charge is 0.491 e. The van der Waals surface area contributed by atoms with Gasteiger partial charge in [0.15, 0.2) is 0 Å². The molecule has 5 nitrogen and oxygen atoms in total. The molecule has 1 atom stereocenters. The molecule has 0 aliphatic carbocycles. The van der Waals surface area contributed by atoms with Crippen LogP contribution < -0.4 is 10.1 Å². The van der Waals surface area contributed by atoms with Crippen molar-refractivity contribution in [3.63, 3.8) is 0 Å². The number of rotatable bonds is 7. The Balaban J connectivity index is 1.55. The van der Waals surface area contributed by atoms with Crippen molar-refractivity contribution >= 4 is 11.6 Å². The zero-order chi connectivity index (χ0) is 20.7. The third-order valence-electron chi connectivity index (χ3n) is 5.63. The van der Waals surface area contributed by atoms with Gasteiger partial charge in [0.25, 0.3) is 0 Å². The molecule has 0 saturated carbocycles. The van der Waals surface area contributed by atoms with Crippen LogP contribution in [-0.2, 0) is 16.1 Å². The lowest BCUT2D eigenvalue weighted by molar-refractivity contribution is -0.114. The molecule has 5 heteroatoms. The summed E-state index contributed by atoms with van der Waals surface area (Å²) < 4.78 is 12.0. The number of ether oxygens (including phenoxy) is 2. The van der Waals surface area contributed by atoms with E-state index >= 15 is 0 Å². The minimum Gasteiger partial charge on any atom is -0.491 e. The Labute approximate surface area is 174 Å². The highest BCUT2D eigenvalue weighted by molar-refractivity contribution is 5.88. The van der Waals surface area contributed by atoms with Crippen LogP contribution in [0, 0.1) is 6.92 Å². The molecule has 1 amide bonds. The smallest absolute Gasteiger partial charge is 0.221 e. The van der Waals surface area contributed by atoms with Crippen LogP contribution >= 0.6 is 0 Å². The van der Waals surface area contributed by atoms with E-state index in [0.29, 0.717) is 6.61 Å². The molecule has 1 heterocycles. The molecule has 1 aliphatic heterocycles. The minimum atomic E-state index is -0.241. The Hall–Kier alpha value is -2.37. The molecule has 156 valence electrons. The van der Waals surface area contributed by atoms with Gasteiger partial charge in [-0.2, -0.15) is 0 Å². The van der Waals surface area contributed by atoms with Crippen molar-refractivity contribution < 1.29 is 14.3 Å². The van der Waals surface area contributed by atoms with Crippen LogP contribution in [0.3, 0.4) is 0 Å². The number of methoxy groups -OCH3 is 1. The summed E-state index contributed by atoms with van der Waals surface area (Å²) in [5.74, 6) is 0.849. The summed E-state index contributed by atoms with van der Waals surface area (Å²) in [5, 5.41) is 2.81. The van der Waals surface area contributed by atoms with Gasteiger partial charge < -0.3 is 14.8 Å². The third kappa shape index (κ3) is 6.31. The summed E-state index contributed by atoms with van der Waals surface area (Å²) in [6.07, 6.45) is 3.02. The monoisotopic (exact) mass is 396 g/mol. The first-order valence-electron chi connectivity index (χ1n) is 10.3. The minimum absolute atomic E-state index is 0.0472. The fourth-order valence-corrected chi connectivity index (χ4v) is 3.79. The molecule has 1 saturated heterocycles. The van der Waals surface area contributed by atoms with E-state index in [1.165, 1.54) is 18.1 Å². The summed E-state index contributed by atoms with van der Waals surface area (Å²) in [6, 6.07) is 16.3. The fourth-order valence-electron chi connectivity index (χ4n) is 3.79. The standard InChI is InChI=1S/C24H32N2O3/c1-19-5-11-23(12-6-19)29-18-24(28-3)13-4-15-26(16-14-24)17-21-7-9-22(10-8-21)25-20(2)27/h5-12H,4,13-18H2,1-3H3,(H,25,27)/t24-/m0/s1. The van der Waals surface area contributed by atoms with E-state index in [4.69, 9.17) is 9.47 Å². The summed E-state index contributed by atoms with van der Waals surface area (Å²) in [7, 11) is 1.80. The van der Waals surface area contributed by atoms with E-state index in [-0.39, 0.29) is 11.5 Å². The highest BCUT2D eigenvalue weighted by Gasteiger charge is 2.33. The van der Waals surface area contributed by atoms with Crippen molar-refractivity contribution in [2.45, 2.75) is 45.3 Å². The van der Waals surface area contributed by atoms with Gasteiger partial charge in [-0.25, -0.2) is 0 Å². The number of hydrogen-bond donors (Lipinski definition) is 1. The van der Waals surface area contributed by atoms with Crippen LogP contribution in [0.5, 0.6) is 5.75 Å². The molecule has 1 fully saturated rings. The van der Waals surface area contributed by atoms with Crippen LogP contribution in [0.4, 0.5) is 5.69 Å². The van der Waals surface area contributed by atoms with E-state index < -0.39 is 0 Å². The first-order chi connectivity index (χ1) is 14.0. The molecule has 29 heavy (non-hydrogen) atoms. The first-order valence-corrected chi connectivity index (χ1v) is 10.3. The third-order valence-corrected chi connectivity index (χ3v) is 5.63. The summed E-state index contributed by atoms with van der Waals surface area (Å²) in [5.41, 5.74) is 3.08. The average Bonchev–Trinajstić information content (AvgIpc) is 2.91. The number of nitrogens with zero attached hydrogens (tertiary/aromatic N) is 1. The van der Waals surface area contributed by atoms with Gasteiger partial charge in [0, 0.05) is 32.8 Å². The number of nitrogens with one attached hydrogen (secondary N) is 1. The van der Waals surface area contributed by atoms with Crippen molar-refractivity contribution in [2.75, 3.05) is 32.1 Å². The number of amides is 1. The number of carbonyl (C=O) groups excluding carboxylic acids is 1. The summed E-state index contributed by atoms with van der Waals surface area (Å²) in [6.45, 7) is 7.09. The predicted molar refractivity (Wildman–Crippen MR) is 116 cm³/mol. The van der Waals surface area contributed by atoms with Gasteiger partial charge in [0.05, 0.1) is 0 Å². The highest BCUT2D eigenvalue weighted by Crippen LogP contribution is 2.28. The lowest BCUT2D eigenvalue weighted by atomic mass is 9.95. The highest BCUT2D eigenvalue weighted by atomic mass is 16.5. The SMILES string of the molecule is CO[C@@]1(COc2ccc(C)cc2)CCCN(Cc2ccc(NC(C)=O)cc2)CC1. The molecule has 1 aliphatic rings. The molecule has 0 radical (unpaired) electrons. The number of benzene rings is 2. The number of anilines is 1. The lowest BCUT2D eigenvalue weighted by Crippen LogP contribution is -2.39. The summed E-state index contributed by atoms with van der Waals surface area (Å²) >= 11 is 0. The van der Waals surface area contributed by atoms with Gasteiger partial charge in [-0.05, 0) is 62.6 Å².